The molecule has 130 valence electrons. The third-order valence-corrected chi connectivity index (χ3v) is 5.62. The normalized spacial score (nSPS) is 11.2. The Labute approximate surface area is 142 Å². The van der Waals surface area contributed by atoms with E-state index in [1.54, 1.807) is 6.07 Å². The van der Waals surface area contributed by atoms with E-state index in [4.69, 9.17) is 9.47 Å². The van der Waals surface area contributed by atoms with Gasteiger partial charge in [-0.1, -0.05) is 12.1 Å². The van der Waals surface area contributed by atoms with Crippen LogP contribution in [0.2, 0.25) is 0 Å². The van der Waals surface area contributed by atoms with Gasteiger partial charge in [0.2, 0.25) is 5.88 Å². The molecule has 24 heavy (non-hydrogen) atoms. The Morgan fingerprint density at radius 3 is 2.62 bits per heavy atom. The molecule has 0 saturated heterocycles. The minimum atomic E-state index is -3.69. The molecule has 0 N–H and O–H groups in total. The summed E-state index contributed by atoms with van der Waals surface area (Å²) in [6, 6.07) is 4.49. The van der Waals surface area contributed by atoms with Gasteiger partial charge in [0.05, 0.1) is 14.2 Å². The van der Waals surface area contributed by atoms with Crippen molar-refractivity contribution in [2.24, 2.45) is 0 Å². The second kappa shape index (κ2) is 7.14. The summed E-state index contributed by atoms with van der Waals surface area (Å²) in [4.78, 5) is 11.8. The highest BCUT2D eigenvalue weighted by Crippen LogP contribution is 2.31. The molecule has 0 aliphatic carbocycles. The van der Waals surface area contributed by atoms with E-state index in [1.807, 2.05) is 0 Å². The maximum Gasteiger partial charge on any atom is 0.345 e. The number of halogens is 1. The average Bonchev–Trinajstić information content (AvgIpc) is 2.97. The molecule has 0 bridgehead atoms. The average molecular weight is 375 g/mol. The SMILES string of the molecule is COC(=O)c1c(OCc2cccc(OC)c2F)nsc1S(C)(=O)=O. The topological polar surface area (TPSA) is 91.8 Å². The number of hydrogen-bond donors (Lipinski definition) is 0. The van der Waals surface area contributed by atoms with Crippen molar-refractivity contribution in [2.75, 3.05) is 20.5 Å². The predicted molar refractivity (Wildman–Crippen MR) is 83.8 cm³/mol. The van der Waals surface area contributed by atoms with Crippen molar-refractivity contribution < 1.29 is 31.8 Å². The Kier molecular flexibility index (Phi) is 5.40. The maximum atomic E-state index is 14.1. The van der Waals surface area contributed by atoms with Gasteiger partial charge >= 0.3 is 5.97 Å². The van der Waals surface area contributed by atoms with Crippen molar-refractivity contribution in [3.8, 4) is 11.6 Å². The Morgan fingerprint density at radius 1 is 1.33 bits per heavy atom. The highest BCUT2D eigenvalue weighted by atomic mass is 32.2. The number of carbonyl (C=O) groups is 1. The quantitative estimate of drug-likeness (QED) is 0.714. The van der Waals surface area contributed by atoms with Crippen LogP contribution in [0.5, 0.6) is 11.6 Å². The largest absolute Gasteiger partial charge is 0.494 e. The third kappa shape index (κ3) is 3.65. The van der Waals surface area contributed by atoms with Crippen LogP contribution in [0.15, 0.2) is 22.4 Å². The number of carbonyl (C=O) groups excluding carboxylic acids is 1. The summed E-state index contributed by atoms with van der Waals surface area (Å²) < 4.78 is 55.9. The molecule has 0 radical (unpaired) electrons. The Bertz CT molecular complexity index is 862. The van der Waals surface area contributed by atoms with Gasteiger partial charge in [0.1, 0.15) is 6.61 Å². The molecule has 0 fully saturated rings. The van der Waals surface area contributed by atoms with Crippen molar-refractivity contribution in [3.05, 3.63) is 35.1 Å². The van der Waals surface area contributed by atoms with Crippen molar-refractivity contribution in [1.82, 2.24) is 4.37 Å². The molecule has 0 unspecified atom stereocenters. The number of methoxy groups -OCH3 is 2. The van der Waals surface area contributed by atoms with Crippen LogP contribution < -0.4 is 9.47 Å². The molecule has 1 aromatic heterocycles. The lowest BCUT2D eigenvalue weighted by Crippen LogP contribution is -2.09. The molecule has 2 rings (SSSR count). The fourth-order valence-corrected chi connectivity index (χ4v) is 3.62. The van der Waals surface area contributed by atoms with Crippen molar-refractivity contribution in [2.45, 2.75) is 10.8 Å². The van der Waals surface area contributed by atoms with Gasteiger partial charge in [-0.2, -0.15) is 4.37 Å². The van der Waals surface area contributed by atoms with Crippen molar-refractivity contribution in [1.29, 1.82) is 0 Å². The fourth-order valence-electron chi connectivity index (χ4n) is 1.86. The molecular weight excluding hydrogens is 361 g/mol. The van der Waals surface area contributed by atoms with Gasteiger partial charge in [0.15, 0.2) is 31.2 Å². The van der Waals surface area contributed by atoms with Crippen molar-refractivity contribution >= 4 is 27.3 Å². The highest BCUT2D eigenvalue weighted by molar-refractivity contribution is 7.92. The van der Waals surface area contributed by atoms with Crippen LogP contribution in [0.3, 0.4) is 0 Å². The number of hydrogen-bond acceptors (Lipinski definition) is 8. The summed E-state index contributed by atoms with van der Waals surface area (Å²) in [6.45, 7) is -0.264. The number of nitrogens with zero attached hydrogens (tertiary/aromatic N) is 1. The molecule has 0 atom stereocenters. The summed E-state index contributed by atoms with van der Waals surface area (Å²) in [6.07, 6.45) is 0.943. The van der Waals surface area contributed by atoms with Crippen LogP contribution in [-0.4, -0.2) is 39.2 Å². The molecule has 1 aromatic carbocycles. The molecule has 10 heteroatoms. The van der Waals surface area contributed by atoms with Crippen LogP contribution in [-0.2, 0) is 21.2 Å². The Hall–Kier alpha value is -2.20. The lowest BCUT2D eigenvalue weighted by Gasteiger charge is -2.09. The van der Waals surface area contributed by atoms with Gasteiger partial charge in [0, 0.05) is 11.8 Å². The van der Waals surface area contributed by atoms with Gasteiger partial charge in [-0.3, -0.25) is 0 Å². The van der Waals surface area contributed by atoms with Gasteiger partial charge in [-0.25, -0.2) is 17.6 Å². The molecule has 0 amide bonds. The summed E-state index contributed by atoms with van der Waals surface area (Å²) in [5, 5.41) is 0. The predicted octanol–water partition coefficient (Wildman–Crippen LogP) is 2.06. The van der Waals surface area contributed by atoms with E-state index in [1.165, 1.54) is 19.2 Å². The molecule has 2 aromatic rings. The zero-order chi connectivity index (χ0) is 17.9. The Morgan fingerprint density at radius 2 is 2.04 bits per heavy atom. The van der Waals surface area contributed by atoms with E-state index in [0.29, 0.717) is 11.5 Å². The van der Waals surface area contributed by atoms with Gasteiger partial charge in [-0.05, 0) is 17.6 Å². The van der Waals surface area contributed by atoms with Gasteiger partial charge in [-0.15, -0.1) is 0 Å². The standard InChI is InChI=1S/C14H14FNO6S2/c1-20-9-6-4-5-8(11(9)15)7-22-12-10(13(17)21-2)14(23-16-12)24(3,18)19/h4-6H,7H2,1-3H3. The number of ether oxygens (including phenoxy) is 3. The minimum Gasteiger partial charge on any atom is -0.494 e. The molecule has 1 heterocycles. The minimum absolute atomic E-state index is 0.0411. The monoisotopic (exact) mass is 375 g/mol. The summed E-state index contributed by atoms with van der Waals surface area (Å²) in [5.41, 5.74) is -0.132. The van der Waals surface area contributed by atoms with Crippen molar-refractivity contribution in [3.63, 3.8) is 0 Å². The van der Waals surface area contributed by atoms with Crippen LogP contribution >= 0.6 is 11.5 Å². The second-order valence-electron chi connectivity index (χ2n) is 4.64. The molecule has 0 aliphatic heterocycles. The van der Waals surface area contributed by atoms with Crippen LogP contribution in [0.4, 0.5) is 4.39 Å². The number of esters is 1. The first-order valence-electron chi connectivity index (χ1n) is 6.51. The van der Waals surface area contributed by atoms with Gasteiger partial charge in [0.25, 0.3) is 0 Å². The summed E-state index contributed by atoms with van der Waals surface area (Å²) >= 11 is 0.592. The lowest BCUT2D eigenvalue weighted by molar-refractivity contribution is 0.0591. The van der Waals surface area contributed by atoms with E-state index < -0.39 is 21.6 Å². The first kappa shape index (κ1) is 18.1. The number of sulfone groups is 1. The number of benzene rings is 1. The molecular formula is C14H14FNO6S2. The van der Waals surface area contributed by atoms with E-state index in [9.17, 15) is 17.6 Å². The smallest absolute Gasteiger partial charge is 0.345 e. The summed E-state index contributed by atoms with van der Waals surface area (Å²) in [7, 11) is -1.25. The molecule has 0 saturated carbocycles. The van der Waals surface area contributed by atoms with E-state index in [0.717, 1.165) is 13.4 Å². The second-order valence-corrected chi connectivity index (χ2v) is 7.62. The number of rotatable bonds is 6. The zero-order valence-electron chi connectivity index (χ0n) is 13.0. The Balaban J connectivity index is 2.34. The highest BCUT2D eigenvalue weighted by Gasteiger charge is 2.29. The first-order valence-corrected chi connectivity index (χ1v) is 9.18. The molecule has 0 aliphatic rings. The van der Waals surface area contributed by atoms with Gasteiger partial charge < -0.3 is 14.2 Å². The lowest BCUT2D eigenvalue weighted by atomic mass is 10.2. The molecule has 0 spiro atoms. The maximum absolute atomic E-state index is 14.1. The fraction of sp³-hybridized carbons (Fsp3) is 0.286. The third-order valence-electron chi connectivity index (χ3n) is 2.98. The summed E-state index contributed by atoms with van der Waals surface area (Å²) in [5.74, 6) is -1.70. The van der Waals surface area contributed by atoms with Crippen LogP contribution in [0, 0.1) is 5.82 Å². The first-order chi connectivity index (χ1) is 11.3. The number of aromatic nitrogens is 1. The van der Waals surface area contributed by atoms with E-state index in [-0.39, 0.29) is 33.6 Å². The van der Waals surface area contributed by atoms with E-state index in [2.05, 4.69) is 9.11 Å². The zero-order valence-corrected chi connectivity index (χ0v) is 14.7. The van der Waals surface area contributed by atoms with E-state index >= 15 is 0 Å². The molecule has 7 nitrogen and oxygen atoms in total. The van der Waals surface area contributed by atoms with Crippen LogP contribution in [0.25, 0.3) is 0 Å². The van der Waals surface area contributed by atoms with Crippen LogP contribution in [0.1, 0.15) is 15.9 Å².